The van der Waals surface area contributed by atoms with Crippen LogP contribution in [0, 0.1) is 0 Å². The zero-order valence-electron chi connectivity index (χ0n) is 15.5. The van der Waals surface area contributed by atoms with Crippen LogP contribution in [0.1, 0.15) is 13.3 Å². The predicted molar refractivity (Wildman–Crippen MR) is 116 cm³/mol. The number of aliphatic imine (C=N–C) groups is 1. The summed E-state index contributed by atoms with van der Waals surface area (Å²) in [7, 11) is 1.60. The van der Waals surface area contributed by atoms with Crippen LogP contribution in [0.3, 0.4) is 0 Å². The van der Waals surface area contributed by atoms with E-state index in [1.54, 1.807) is 24.1 Å². The Balaban J connectivity index is 1.73. The molecule has 6 nitrogen and oxygen atoms in total. The monoisotopic (exact) mass is 461 g/mol. The Bertz CT molecular complexity index is 919. The average molecular weight is 462 g/mol. The second kappa shape index (κ2) is 9.25. The number of halogens is 1. The van der Waals surface area contributed by atoms with Crippen LogP contribution in [0.25, 0.3) is 0 Å². The highest BCUT2D eigenvalue weighted by Crippen LogP contribution is 2.32. The summed E-state index contributed by atoms with van der Waals surface area (Å²) in [5.41, 5.74) is 1.38. The Morgan fingerprint density at radius 1 is 1.29 bits per heavy atom. The van der Waals surface area contributed by atoms with E-state index in [2.05, 4.69) is 26.2 Å². The maximum Gasteiger partial charge on any atom is 0.242 e. The Labute approximate surface area is 176 Å². The number of carbonyl (C=O) groups is 2. The smallest absolute Gasteiger partial charge is 0.242 e. The quantitative estimate of drug-likeness (QED) is 0.689. The Morgan fingerprint density at radius 3 is 2.79 bits per heavy atom. The van der Waals surface area contributed by atoms with Crippen molar-refractivity contribution in [3.8, 4) is 5.75 Å². The van der Waals surface area contributed by atoms with Crippen LogP contribution in [-0.4, -0.2) is 40.8 Å². The molecule has 146 valence electrons. The molecule has 1 aliphatic rings. The number of nitrogens with one attached hydrogen (secondary N) is 1. The topological polar surface area (TPSA) is 71.0 Å². The number of para-hydroxylation sites is 1. The third-order valence-corrected chi connectivity index (χ3v) is 6.00. The number of benzene rings is 2. The first-order valence-corrected chi connectivity index (χ1v) is 10.4. The number of methoxy groups -OCH3 is 1. The number of hydrogen-bond donors (Lipinski definition) is 1. The highest BCUT2D eigenvalue weighted by Gasteiger charge is 2.38. The fraction of sp³-hybridized carbons (Fsp3) is 0.250. The first-order chi connectivity index (χ1) is 13.5. The van der Waals surface area contributed by atoms with Crippen LogP contribution in [-0.2, 0) is 9.59 Å². The predicted octanol–water partition coefficient (Wildman–Crippen LogP) is 4.44. The van der Waals surface area contributed by atoms with Gasteiger partial charge in [-0.2, -0.15) is 0 Å². The van der Waals surface area contributed by atoms with E-state index in [9.17, 15) is 9.59 Å². The van der Waals surface area contributed by atoms with Gasteiger partial charge in [-0.15, -0.1) is 0 Å². The molecule has 2 aromatic rings. The number of ether oxygens (including phenoxy) is 1. The van der Waals surface area contributed by atoms with Crippen LogP contribution in [0.15, 0.2) is 58.0 Å². The lowest BCUT2D eigenvalue weighted by atomic mass is 10.2. The first kappa shape index (κ1) is 20.4. The van der Waals surface area contributed by atoms with Crippen molar-refractivity contribution < 1.29 is 14.3 Å². The molecule has 3 rings (SSSR count). The normalized spacial score (nSPS) is 17.8. The number of anilines is 1. The Kier molecular flexibility index (Phi) is 6.74. The molecule has 2 aromatic carbocycles. The summed E-state index contributed by atoms with van der Waals surface area (Å²) >= 11 is 4.72. The van der Waals surface area contributed by atoms with E-state index in [-0.39, 0.29) is 18.2 Å². The lowest BCUT2D eigenvalue weighted by Gasteiger charge is -2.13. The minimum Gasteiger partial charge on any atom is -0.497 e. The van der Waals surface area contributed by atoms with E-state index >= 15 is 0 Å². The molecule has 2 amide bonds. The van der Waals surface area contributed by atoms with Crippen LogP contribution >= 0.6 is 27.7 Å². The van der Waals surface area contributed by atoms with Crippen molar-refractivity contribution in [1.29, 1.82) is 0 Å². The molecule has 28 heavy (non-hydrogen) atoms. The number of nitrogens with zero attached hydrogens (tertiary/aromatic N) is 2. The molecule has 1 saturated heterocycles. The molecule has 0 aliphatic carbocycles. The van der Waals surface area contributed by atoms with Crippen LogP contribution in [0.5, 0.6) is 5.75 Å². The molecule has 0 spiro atoms. The zero-order chi connectivity index (χ0) is 20.1. The molecule has 0 unspecified atom stereocenters. The van der Waals surface area contributed by atoms with E-state index in [0.717, 1.165) is 4.47 Å². The maximum absolute atomic E-state index is 12.7. The molecule has 0 bridgehead atoms. The third-order valence-electron chi connectivity index (χ3n) is 4.13. The van der Waals surface area contributed by atoms with Crippen molar-refractivity contribution in [3.63, 3.8) is 0 Å². The summed E-state index contributed by atoms with van der Waals surface area (Å²) in [6.07, 6.45) is 0.0818. The van der Waals surface area contributed by atoms with Gasteiger partial charge in [0.25, 0.3) is 0 Å². The van der Waals surface area contributed by atoms with Crippen molar-refractivity contribution >= 4 is 56.0 Å². The van der Waals surface area contributed by atoms with Gasteiger partial charge in [0.15, 0.2) is 5.17 Å². The summed E-state index contributed by atoms with van der Waals surface area (Å²) in [5.74, 6) is 0.386. The second-order valence-corrected chi connectivity index (χ2v) is 8.04. The van der Waals surface area contributed by atoms with Crippen molar-refractivity contribution in [1.82, 2.24) is 4.90 Å². The molecule has 1 aliphatic heterocycles. The molecule has 1 N–H and O–H groups in total. The number of hydrogen-bond acceptors (Lipinski definition) is 5. The number of carbonyl (C=O) groups excluding carboxylic acids is 2. The van der Waals surface area contributed by atoms with E-state index in [1.165, 1.54) is 11.8 Å². The molecule has 1 atom stereocenters. The summed E-state index contributed by atoms with van der Waals surface area (Å²) in [6.45, 7) is 2.39. The van der Waals surface area contributed by atoms with Crippen molar-refractivity contribution in [2.75, 3.05) is 19.0 Å². The summed E-state index contributed by atoms with van der Waals surface area (Å²) in [4.78, 5) is 31.4. The zero-order valence-corrected chi connectivity index (χ0v) is 17.9. The van der Waals surface area contributed by atoms with Gasteiger partial charge in [0.05, 0.1) is 18.5 Å². The van der Waals surface area contributed by atoms with Gasteiger partial charge in [0.2, 0.25) is 11.8 Å². The molecule has 8 heteroatoms. The van der Waals surface area contributed by atoms with Gasteiger partial charge in [0, 0.05) is 23.5 Å². The SMILES string of the molecule is CCN1C(=O)[C@H](CC(=O)Nc2ccccc2Br)SC1=Nc1cccc(OC)c1. The summed E-state index contributed by atoms with van der Waals surface area (Å²) < 4.78 is 6.02. The highest BCUT2D eigenvalue weighted by molar-refractivity contribution is 9.10. The van der Waals surface area contributed by atoms with Gasteiger partial charge >= 0.3 is 0 Å². The third kappa shape index (κ3) is 4.74. The van der Waals surface area contributed by atoms with Gasteiger partial charge in [-0.25, -0.2) is 4.99 Å². The van der Waals surface area contributed by atoms with Gasteiger partial charge in [-0.05, 0) is 47.1 Å². The number of amides is 2. The van der Waals surface area contributed by atoms with Gasteiger partial charge in [-0.3, -0.25) is 14.5 Å². The number of amidine groups is 1. The number of rotatable bonds is 6. The van der Waals surface area contributed by atoms with Gasteiger partial charge in [0.1, 0.15) is 11.0 Å². The standard InChI is InChI=1S/C20H20BrN3O3S/c1-3-24-19(26)17(12-18(25)23-16-10-5-4-9-15(16)21)28-20(24)22-13-7-6-8-14(11-13)27-2/h4-11,17H,3,12H2,1-2H3,(H,23,25)/t17-/m0/s1. The average Bonchev–Trinajstić information content (AvgIpc) is 2.97. The first-order valence-electron chi connectivity index (χ1n) is 8.77. The minimum absolute atomic E-state index is 0.0818. The van der Waals surface area contributed by atoms with E-state index in [4.69, 9.17) is 4.74 Å². The van der Waals surface area contributed by atoms with Crippen LogP contribution < -0.4 is 10.1 Å². The van der Waals surface area contributed by atoms with Crippen LogP contribution in [0.4, 0.5) is 11.4 Å². The minimum atomic E-state index is -0.494. The fourth-order valence-electron chi connectivity index (χ4n) is 2.74. The van der Waals surface area contributed by atoms with Crippen molar-refractivity contribution in [3.05, 3.63) is 53.0 Å². The molecular formula is C20H20BrN3O3S. The molecule has 0 radical (unpaired) electrons. The van der Waals surface area contributed by atoms with E-state index in [1.807, 2.05) is 43.3 Å². The number of thioether (sulfide) groups is 1. The summed E-state index contributed by atoms with van der Waals surface area (Å²) in [5, 5.41) is 2.95. The van der Waals surface area contributed by atoms with Gasteiger partial charge < -0.3 is 10.1 Å². The van der Waals surface area contributed by atoms with Gasteiger partial charge in [-0.1, -0.05) is 30.0 Å². The van der Waals surface area contributed by atoms with E-state index < -0.39 is 5.25 Å². The Hall–Kier alpha value is -2.32. The van der Waals surface area contributed by atoms with Crippen molar-refractivity contribution in [2.24, 2.45) is 4.99 Å². The van der Waals surface area contributed by atoms with E-state index in [0.29, 0.717) is 28.8 Å². The highest BCUT2D eigenvalue weighted by atomic mass is 79.9. The molecule has 1 heterocycles. The molecule has 1 fully saturated rings. The molecule has 0 aromatic heterocycles. The fourth-order valence-corrected chi connectivity index (χ4v) is 4.34. The van der Waals surface area contributed by atoms with Crippen molar-refractivity contribution in [2.45, 2.75) is 18.6 Å². The lowest BCUT2D eigenvalue weighted by Crippen LogP contribution is -2.33. The summed E-state index contributed by atoms with van der Waals surface area (Å²) in [6, 6.07) is 14.7. The second-order valence-electron chi connectivity index (χ2n) is 6.02. The maximum atomic E-state index is 12.7. The molecule has 0 saturated carbocycles. The molecular weight excluding hydrogens is 442 g/mol. The van der Waals surface area contributed by atoms with Crippen LogP contribution in [0.2, 0.25) is 0 Å². The Morgan fingerprint density at radius 2 is 2.07 bits per heavy atom. The largest absolute Gasteiger partial charge is 0.497 e. The lowest BCUT2D eigenvalue weighted by molar-refractivity contribution is -0.128.